The van der Waals surface area contributed by atoms with Crippen molar-refractivity contribution in [3.8, 4) is 0 Å². The maximum absolute atomic E-state index is 12.3. The largest absolute Gasteiger partial charge is 0.481 e. The zero-order chi connectivity index (χ0) is 16.8. The number of hydrogen-bond donors (Lipinski definition) is 2. The number of carboxylic acids is 1. The first-order valence-corrected chi connectivity index (χ1v) is 7.53. The van der Waals surface area contributed by atoms with Crippen LogP contribution in [0.3, 0.4) is 0 Å². The van der Waals surface area contributed by atoms with Gasteiger partial charge in [-0.25, -0.2) is 0 Å². The third kappa shape index (κ3) is 4.95. The van der Waals surface area contributed by atoms with Gasteiger partial charge in [0.15, 0.2) is 0 Å². The monoisotopic (exact) mass is 315 g/mol. The highest BCUT2D eigenvalue weighted by atomic mass is 16.4. The molecule has 6 nitrogen and oxygen atoms in total. The standard InChI is InChI=1S/C17H21N3O3/c1-12-10-15(19-20(12)2)17(23)18-14(8-9-16(21)22)11-13-6-4-3-5-7-13/h3-7,10,14H,8-9,11H2,1-2H3,(H,18,23)(H,21,22). The van der Waals surface area contributed by atoms with Crippen LogP contribution in [0.15, 0.2) is 36.4 Å². The summed E-state index contributed by atoms with van der Waals surface area (Å²) in [6.07, 6.45) is 0.979. The molecule has 1 aromatic heterocycles. The van der Waals surface area contributed by atoms with Crippen LogP contribution in [0.25, 0.3) is 0 Å². The van der Waals surface area contributed by atoms with Gasteiger partial charge in [-0.2, -0.15) is 5.10 Å². The number of hydrogen-bond acceptors (Lipinski definition) is 3. The molecule has 1 unspecified atom stereocenters. The molecular weight excluding hydrogens is 294 g/mol. The van der Waals surface area contributed by atoms with E-state index < -0.39 is 5.97 Å². The molecule has 0 radical (unpaired) electrons. The number of aryl methyl sites for hydroxylation is 2. The fourth-order valence-corrected chi connectivity index (χ4v) is 2.35. The Labute approximate surface area is 135 Å². The number of nitrogens with zero attached hydrogens (tertiary/aromatic N) is 2. The molecule has 0 aliphatic heterocycles. The van der Waals surface area contributed by atoms with E-state index in [1.807, 2.05) is 37.3 Å². The number of carboxylic acid groups (broad SMARTS) is 1. The molecule has 2 rings (SSSR count). The summed E-state index contributed by atoms with van der Waals surface area (Å²) in [7, 11) is 1.78. The summed E-state index contributed by atoms with van der Waals surface area (Å²) in [6, 6.07) is 11.2. The highest BCUT2D eigenvalue weighted by molar-refractivity contribution is 5.92. The van der Waals surface area contributed by atoms with E-state index in [9.17, 15) is 9.59 Å². The Morgan fingerprint density at radius 2 is 2.00 bits per heavy atom. The maximum Gasteiger partial charge on any atom is 0.303 e. The van der Waals surface area contributed by atoms with E-state index in [-0.39, 0.29) is 18.4 Å². The lowest BCUT2D eigenvalue weighted by Gasteiger charge is -2.17. The third-order valence-corrected chi connectivity index (χ3v) is 3.71. The van der Waals surface area contributed by atoms with Gasteiger partial charge in [-0.15, -0.1) is 0 Å². The van der Waals surface area contributed by atoms with E-state index in [1.165, 1.54) is 0 Å². The Morgan fingerprint density at radius 3 is 2.57 bits per heavy atom. The summed E-state index contributed by atoms with van der Waals surface area (Å²) in [5, 5.41) is 15.9. The summed E-state index contributed by atoms with van der Waals surface area (Å²) in [5.74, 6) is -1.15. The molecule has 1 aromatic carbocycles. The van der Waals surface area contributed by atoms with Crippen LogP contribution < -0.4 is 5.32 Å². The molecule has 0 fully saturated rings. The van der Waals surface area contributed by atoms with Gasteiger partial charge in [0, 0.05) is 25.2 Å². The van der Waals surface area contributed by atoms with Crippen LogP contribution in [0, 0.1) is 6.92 Å². The van der Waals surface area contributed by atoms with E-state index in [2.05, 4.69) is 10.4 Å². The zero-order valence-electron chi connectivity index (χ0n) is 13.3. The van der Waals surface area contributed by atoms with Crippen molar-refractivity contribution in [1.82, 2.24) is 15.1 Å². The van der Waals surface area contributed by atoms with Crippen LogP contribution in [0.4, 0.5) is 0 Å². The molecule has 0 aliphatic carbocycles. The predicted molar refractivity (Wildman–Crippen MR) is 86.2 cm³/mol. The van der Waals surface area contributed by atoms with E-state index in [0.717, 1.165) is 11.3 Å². The van der Waals surface area contributed by atoms with Gasteiger partial charge in [-0.05, 0) is 31.4 Å². The number of aromatic nitrogens is 2. The predicted octanol–water partition coefficient (Wildman–Crippen LogP) is 1.93. The van der Waals surface area contributed by atoms with Gasteiger partial charge < -0.3 is 10.4 Å². The van der Waals surface area contributed by atoms with Crippen LogP contribution in [-0.4, -0.2) is 32.8 Å². The van der Waals surface area contributed by atoms with Gasteiger partial charge in [-0.1, -0.05) is 30.3 Å². The Bertz CT molecular complexity index is 660. The first kappa shape index (κ1) is 16.7. The van der Waals surface area contributed by atoms with Crippen LogP contribution in [0.5, 0.6) is 0 Å². The summed E-state index contributed by atoms with van der Waals surface area (Å²) >= 11 is 0. The quantitative estimate of drug-likeness (QED) is 0.818. The van der Waals surface area contributed by atoms with Crippen LogP contribution in [0.1, 0.15) is 34.6 Å². The Morgan fingerprint density at radius 1 is 1.30 bits per heavy atom. The molecular formula is C17H21N3O3. The molecule has 23 heavy (non-hydrogen) atoms. The van der Waals surface area contributed by atoms with Crippen LogP contribution in [0.2, 0.25) is 0 Å². The molecule has 2 N–H and O–H groups in total. The van der Waals surface area contributed by atoms with Gasteiger partial charge in [0.05, 0.1) is 0 Å². The lowest BCUT2D eigenvalue weighted by Crippen LogP contribution is -2.37. The number of benzene rings is 1. The van der Waals surface area contributed by atoms with Gasteiger partial charge in [0.1, 0.15) is 5.69 Å². The second-order valence-corrected chi connectivity index (χ2v) is 5.59. The molecule has 0 aliphatic rings. The minimum Gasteiger partial charge on any atom is -0.481 e. The molecule has 1 atom stereocenters. The molecule has 0 spiro atoms. The Hall–Kier alpha value is -2.63. The van der Waals surface area contributed by atoms with Gasteiger partial charge >= 0.3 is 5.97 Å². The van der Waals surface area contributed by atoms with Gasteiger partial charge in [0.2, 0.25) is 0 Å². The van der Waals surface area contributed by atoms with Crippen LogP contribution >= 0.6 is 0 Å². The molecule has 0 saturated carbocycles. The molecule has 6 heteroatoms. The smallest absolute Gasteiger partial charge is 0.303 e. The fraction of sp³-hybridized carbons (Fsp3) is 0.353. The van der Waals surface area contributed by atoms with Crippen LogP contribution in [-0.2, 0) is 18.3 Å². The van der Waals surface area contributed by atoms with Crippen molar-refractivity contribution in [2.45, 2.75) is 32.2 Å². The van der Waals surface area contributed by atoms with Crippen molar-refractivity contribution >= 4 is 11.9 Å². The van der Waals surface area contributed by atoms with E-state index in [0.29, 0.717) is 18.5 Å². The van der Waals surface area contributed by atoms with Crippen molar-refractivity contribution in [1.29, 1.82) is 0 Å². The highest BCUT2D eigenvalue weighted by Crippen LogP contribution is 2.09. The summed E-state index contributed by atoms with van der Waals surface area (Å²) in [6.45, 7) is 1.87. The third-order valence-electron chi connectivity index (χ3n) is 3.71. The zero-order valence-corrected chi connectivity index (χ0v) is 13.3. The molecule has 2 aromatic rings. The van der Waals surface area contributed by atoms with E-state index >= 15 is 0 Å². The summed E-state index contributed by atoms with van der Waals surface area (Å²) < 4.78 is 1.64. The van der Waals surface area contributed by atoms with Crippen molar-refractivity contribution < 1.29 is 14.7 Å². The Balaban J connectivity index is 2.06. The van der Waals surface area contributed by atoms with E-state index in [1.54, 1.807) is 17.8 Å². The first-order valence-electron chi connectivity index (χ1n) is 7.53. The minimum absolute atomic E-state index is 0.0129. The van der Waals surface area contributed by atoms with E-state index in [4.69, 9.17) is 5.11 Å². The Kier molecular flexibility index (Phi) is 5.51. The second-order valence-electron chi connectivity index (χ2n) is 5.59. The second kappa shape index (κ2) is 7.58. The molecule has 0 saturated heterocycles. The van der Waals surface area contributed by atoms with Gasteiger partial charge in [-0.3, -0.25) is 14.3 Å². The minimum atomic E-state index is -0.869. The number of amides is 1. The number of nitrogens with one attached hydrogen (secondary N) is 1. The van der Waals surface area contributed by atoms with Crippen molar-refractivity contribution in [3.05, 3.63) is 53.3 Å². The van der Waals surface area contributed by atoms with Crippen molar-refractivity contribution in [2.24, 2.45) is 7.05 Å². The molecule has 122 valence electrons. The lowest BCUT2D eigenvalue weighted by atomic mass is 10.0. The molecule has 0 bridgehead atoms. The van der Waals surface area contributed by atoms with Crippen molar-refractivity contribution in [3.63, 3.8) is 0 Å². The van der Waals surface area contributed by atoms with Crippen molar-refractivity contribution in [2.75, 3.05) is 0 Å². The molecule has 1 heterocycles. The number of carbonyl (C=O) groups excluding carboxylic acids is 1. The number of aliphatic carboxylic acids is 1. The summed E-state index contributed by atoms with van der Waals surface area (Å²) in [4.78, 5) is 23.2. The highest BCUT2D eigenvalue weighted by Gasteiger charge is 2.18. The average molecular weight is 315 g/mol. The van der Waals surface area contributed by atoms with Gasteiger partial charge in [0.25, 0.3) is 5.91 Å². The topological polar surface area (TPSA) is 84.2 Å². The normalized spacial score (nSPS) is 11.9. The summed E-state index contributed by atoms with van der Waals surface area (Å²) in [5.41, 5.74) is 2.29. The fourth-order valence-electron chi connectivity index (χ4n) is 2.35. The number of rotatable bonds is 7. The number of carbonyl (C=O) groups is 2. The maximum atomic E-state index is 12.3. The average Bonchev–Trinajstić information content (AvgIpc) is 2.85. The molecule has 1 amide bonds. The SMILES string of the molecule is Cc1cc(C(=O)NC(CCC(=O)O)Cc2ccccc2)nn1C. The lowest BCUT2D eigenvalue weighted by molar-refractivity contribution is -0.137. The first-order chi connectivity index (χ1) is 11.0.